The maximum Gasteiger partial charge on any atom is 0.321 e. The van der Waals surface area contributed by atoms with Crippen molar-refractivity contribution in [1.82, 2.24) is 5.32 Å². The van der Waals surface area contributed by atoms with Gasteiger partial charge in [-0.05, 0) is 96.9 Å². The Morgan fingerprint density at radius 3 is 2.30 bits per heavy atom. The molecule has 5 saturated carbocycles. The molecule has 0 spiro atoms. The molecular weight excluding hydrogens is 510 g/mol. The van der Waals surface area contributed by atoms with Gasteiger partial charge in [-0.15, -0.1) is 0 Å². The van der Waals surface area contributed by atoms with Crippen molar-refractivity contribution in [2.24, 2.45) is 56.7 Å². The maximum absolute atomic E-state index is 14.5. The van der Waals surface area contributed by atoms with Crippen LogP contribution in [0.4, 0.5) is 8.78 Å². The first-order valence-corrected chi connectivity index (χ1v) is 15.3. The molecule has 6 aliphatic rings. The number of alkyl halides is 2. The lowest BCUT2D eigenvalue weighted by molar-refractivity contribution is -0.171. The van der Waals surface area contributed by atoms with Crippen molar-refractivity contribution in [2.75, 3.05) is 0 Å². The molecule has 40 heavy (non-hydrogen) atoms. The molecule has 5 nitrogen and oxygen atoms in total. The van der Waals surface area contributed by atoms with Crippen molar-refractivity contribution >= 4 is 17.5 Å². The zero-order valence-corrected chi connectivity index (χ0v) is 25.0. The van der Waals surface area contributed by atoms with Crippen LogP contribution in [0, 0.1) is 68.0 Å². The highest BCUT2D eigenvalue weighted by molar-refractivity contribution is 5.97. The first-order chi connectivity index (χ1) is 18.3. The molecule has 1 N–H and O–H groups in total. The molecule has 0 aromatic rings. The molecule has 6 aliphatic carbocycles. The largest absolute Gasteiger partial charge is 0.345 e. The van der Waals surface area contributed by atoms with Gasteiger partial charge in [0.15, 0.2) is 11.6 Å². The van der Waals surface area contributed by atoms with Gasteiger partial charge in [0.2, 0.25) is 0 Å². The van der Waals surface area contributed by atoms with Crippen LogP contribution < -0.4 is 5.32 Å². The molecule has 0 radical (unpaired) electrons. The van der Waals surface area contributed by atoms with Gasteiger partial charge in [0.25, 0.3) is 5.91 Å². The lowest BCUT2D eigenvalue weighted by atomic mass is 9.35. The molecule has 0 aromatic heterocycles. The smallest absolute Gasteiger partial charge is 0.321 e. The fourth-order valence-electron chi connectivity index (χ4n) is 11.2. The van der Waals surface area contributed by atoms with Crippen molar-refractivity contribution in [2.45, 2.75) is 111 Å². The number of halogens is 2. The number of nitriles is 1. The van der Waals surface area contributed by atoms with Gasteiger partial charge in [0.05, 0.1) is 6.07 Å². The standard InChI is InChI=1S/C33H44F2N2O3/c1-18-19-8-9-28(4)22(30(19,6)23-16-32(23,17-36)25(18)39)14-21(38)24-20-15-27(2,3)10-12-33(20,13-11-29(24,28)5)37-26(40)31(7,34)35/h14,18-20,23-24H,8-13,15-16H2,1-7H3,(H,37,40)/t18-,19-,20?,23+,24?,28+,29+,30-,32-,33-/m0/s1. The predicted octanol–water partition coefficient (Wildman–Crippen LogP) is 6.42. The summed E-state index contributed by atoms with van der Waals surface area (Å²) in [6.45, 7) is 13.7. The summed E-state index contributed by atoms with van der Waals surface area (Å²) in [5, 5.41) is 12.9. The topological polar surface area (TPSA) is 87.0 Å². The predicted molar refractivity (Wildman–Crippen MR) is 146 cm³/mol. The van der Waals surface area contributed by atoms with Gasteiger partial charge in [-0.3, -0.25) is 14.4 Å². The number of amides is 1. The van der Waals surface area contributed by atoms with Crippen molar-refractivity contribution in [3.63, 3.8) is 0 Å². The average Bonchev–Trinajstić information content (AvgIpc) is 3.62. The SMILES string of the molecule is C[C@@H]1C(=O)[C@]2(C#N)C[C@@H]2[C@]2(C)C3=CC(=O)C4C5CC(C)(C)CC[C@]5(NC(=O)C(C)(F)F)CC[C@@]4(C)[C@]3(C)CC[C@@H]12. The van der Waals surface area contributed by atoms with E-state index >= 15 is 0 Å². The van der Waals surface area contributed by atoms with Crippen LogP contribution in [0.2, 0.25) is 0 Å². The molecule has 0 saturated heterocycles. The molecule has 6 rings (SSSR count). The van der Waals surface area contributed by atoms with Gasteiger partial charge >= 0.3 is 5.92 Å². The molecule has 5 fully saturated rings. The van der Waals surface area contributed by atoms with Gasteiger partial charge in [0, 0.05) is 24.3 Å². The number of Topliss-reactive ketones (excluding diaryl/α,β-unsaturated/α-hetero) is 1. The number of allylic oxidation sites excluding steroid dienone is 2. The molecule has 10 atom stereocenters. The number of carbonyl (C=O) groups excluding carboxylic acids is 3. The van der Waals surface area contributed by atoms with E-state index in [1.807, 2.05) is 13.0 Å². The molecule has 0 heterocycles. The fourth-order valence-corrected chi connectivity index (χ4v) is 11.2. The van der Waals surface area contributed by atoms with Crippen LogP contribution in [0.5, 0.6) is 0 Å². The third-order valence-corrected chi connectivity index (χ3v) is 13.8. The number of nitrogens with one attached hydrogen (secondary N) is 1. The van der Waals surface area contributed by atoms with Crippen LogP contribution in [-0.2, 0) is 14.4 Å². The van der Waals surface area contributed by atoms with Gasteiger partial charge in [0.1, 0.15) is 5.41 Å². The van der Waals surface area contributed by atoms with Crippen molar-refractivity contribution in [3.05, 3.63) is 11.6 Å². The zero-order valence-electron chi connectivity index (χ0n) is 25.0. The van der Waals surface area contributed by atoms with Crippen LogP contribution in [-0.4, -0.2) is 28.9 Å². The van der Waals surface area contributed by atoms with E-state index in [9.17, 15) is 28.4 Å². The van der Waals surface area contributed by atoms with Gasteiger partial charge in [-0.1, -0.05) is 47.1 Å². The fraction of sp³-hybridized carbons (Fsp3) is 0.818. The zero-order chi connectivity index (χ0) is 29.5. The van der Waals surface area contributed by atoms with Crippen molar-refractivity contribution in [3.8, 4) is 6.07 Å². The number of carbonyl (C=O) groups is 3. The van der Waals surface area contributed by atoms with Crippen LogP contribution in [0.15, 0.2) is 11.6 Å². The quantitative estimate of drug-likeness (QED) is 0.427. The van der Waals surface area contributed by atoms with E-state index in [0.717, 1.165) is 24.8 Å². The van der Waals surface area contributed by atoms with Crippen LogP contribution in [0.1, 0.15) is 99.8 Å². The van der Waals surface area contributed by atoms with Gasteiger partial charge in [-0.2, -0.15) is 14.0 Å². The van der Waals surface area contributed by atoms with E-state index in [1.165, 1.54) is 0 Å². The van der Waals surface area contributed by atoms with Crippen LogP contribution in [0.25, 0.3) is 0 Å². The number of fused-ring (bicyclic) bond motifs is 9. The highest BCUT2D eigenvalue weighted by Gasteiger charge is 2.78. The lowest BCUT2D eigenvalue weighted by Crippen LogP contribution is -2.70. The van der Waals surface area contributed by atoms with E-state index in [1.54, 1.807) is 0 Å². The Morgan fingerprint density at radius 1 is 1.02 bits per heavy atom. The van der Waals surface area contributed by atoms with Gasteiger partial charge in [-0.25, -0.2) is 0 Å². The molecule has 1 amide bonds. The number of hydrogen-bond acceptors (Lipinski definition) is 4. The van der Waals surface area contributed by atoms with E-state index in [4.69, 9.17) is 0 Å². The molecular formula is C33H44F2N2O3. The molecule has 2 unspecified atom stereocenters. The third-order valence-electron chi connectivity index (χ3n) is 13.8. The Balaban J connectivity index is 1.47. The molecule has 0 bridgehead atoms. The summed E-state index contributed by atoms with van der Waals surface area (Å²) in [5.74, 6) is -5.43. The van der Waals surface area contributed by atoms with Crippen LogP contribution in [0.3, 0.4) is 0 Å². The first kappa shape index (κ1) is 28.0. The monoisotopic (exact) mass is 554 g/mol. The Bertz CT molecular complexity index is 1290. The summed E-state index contributed by atoms with van der Waals surface area (Å²) in [4.78, 5) is 40.5. The van der Waals surface area contributed by atoms with Crippen molar-refractivity contribution in [1.29, 1.82) is 5.26 Å². The second-order valence-electron chi connectivity index (χ2n) is 16.1. The van der Waals surface area contributed by atoms with E-state index < -0.39 is 33.6 Å². The van der Waals surface area contributed by atoms with E-state index in [2.05, 4.69) is 46.0 Å². The third kappa shape index (κ3) is 3.20. The Labute approximate surface area is 236 Å². The minimum absolute atomic E-state index is 0.0360. The van der Waals surface area contributed by atoms with E-state index in [0.29, 0.717) is 39.0 Å². The molecule has 7 heteroatoms. The summed E-state index contributed by atoms with van der Waals surface area (Å²) in [7, 11) is 0. The summed E-state index contributed by atoms with van der Waals surface area (Å²) in [6.07, 6.45) is 7.47. The number of rotatable bonds is 2. The summed E-state index contributed by atoms with van der Waals surface area (Å²) < 4.78 is 28.3. The second-order valence-corrected chi connectivity index (χ2v) is 16.1. The average molecular weight is 555 g/mol. The number of nitrogens with zero attached hydrogens (tertiary/aromatic N) is 1. The Kier molecular flexibility index (Phi) is 5.49. The second kappa shape index (κ2) is 7.84. The first-order valence-electron chi connectivity index (χ1n) is 15.3. The van der Waals surface area contributed by atoms with E-state index in [-0.39, 0.29) is 52.0 Å². The maximum atomic E-state index is 14.5. The minimum atomic E-state index is -3.48. The Morgan fingerprint density at radius 2 is 1.68 bits per heavy atom. The normalized spacial score (nSPS) is 50.6. The minimum Gasteiger partial charge on any atom is -0.345 e. The molecule has 0 aliphatic heterocycles. The summed E-state index contributed by atoms with van der Waals surface area (Å²) in [5.41, 5.74) is -1.86. The van der Waals surface area contributed by atoms with Crippen molar-refractivity contribution < 1.29 is 23.2 Å². The van der Waals surface area contributed by atoms with Gasteiger partial charge < -0.3 is 5.32 Å². The van der Waals surface area contributed by atoms with Crippen LogP contribution >= 0.6 is 0 Å². The number of hydrogen-bond donors (Lipinski definition) is 1. The Hall–Kier alpha value is -2.10. The molecule has 0 aromatic carbocycles. The summed E-state index contributed by atoms with van der Waals surface area (Å²) >= 11 is 0. The number of ketones is 2. The highest BCUT2D eigenvalue weighted by atomic mass is 19.3. The lowest BCUT2D eigenvalue weighted by Gasteiger charge is -2.69. The molecule has 218 valence electrons. The highest BCUT2D eigenvalue weighted by Crippen LogP contribution is 2.79. The summed E-state index contributed by atoms with van der Waals surface area (Å²) in [6, 6.07) is 2.40.